The minimum absolute atomic E-state index is 0.935. The number of rotatable bonds is 5. The van der Waals surface area contributed by atoms with Gasteiger partial charge >= 0.3 is 0 Å². The molecule has 0 bridgehead atoms. The Morgan fingerprint density at radius 2 is 2.18 bits per heavy atom. The highest BCUT2D eigenvalue weighted by Gasteiger charge is 2.05. The van der Waals surface area contributed by atoms with E-state index in [1.165, 1.54) is 17.0 Å². The van der Waals surface area contributed by atoms with E-state index in [0.717, 1.165) is 19.5 Å². The highest BCUT2D eigenvalue weighted by Crippen LogP contribution is 2.11. The van der Waals surface area contributed by atoms with Crippen LogP contribution in [0.2, 0.25) is 0 Å². The van der Waals surface area contributed by atoms with Gasteiger partial charge in [-0.25, -0.2) is 0 Å². The van der Waals surface area contributed by atoms with Crippen molar-refractivity contribution in [1.82, 2.24) is 19.7 Å². The van der Waals surface area contributed by atoms with E-state index >= 15 is 0 Å². The van der Waals surface area contributed by atoms with E-state index in [0.29, 0.717) is 0 Å². The summed E-state index contributed by atoms with van der Waals surface area (Å²) < 4.78 is 4.24. The van der Waals surface area contributed by atoms with Gasteiger partial charge < -0.3 is 9.88 Å². The number of nitrogens with one attached hydrogen (secondary N) is 1. The molecule has 0 radical (unpaired) electrons. The standard InChI is InChI=1S/C13H20N4/c1-11-12(10-14-2)5-8-17(11)9-6-13-4-7-15-16(13)3/h4-5,7-8,14H,6,9-10H2,1-3H3. The Morgan fingerprint density at radius 1 is 1.35 bits per heavy atom. The molecule has 0 saturated carbocycles. The molecule has 17 heavy (non-hydrogen) atoms. The van der Waals surface area contributed by atoms with Crippen LogP contribution in [0.1, 0.15) is 17.0 Å². The lowest BCUT2D eigenvalue weighted by Crippen LogP contribution is -2.09. The molecule has 0 aromatic carbocycles. The van der Waals surface area contributed by atoms with Crippen LogP contribution in [0.15, 0.2) is 24.5 Å². The summed E-state index contributed by atoms with van der Waals surface area (Å²) in [5, 5.41) is 7.37. The fourth-order valence-electron chi connectivity index (χ4n) is 2.10. The van der Waals surface area contributed by atoms with Gasteiger partial charge in [-0.3, -0.25) is 4.68 Å². The molecule has 0 spiro atoms. The zero-order chi connectivity index (χ0) is 12.3. The highest BCUT2D eigenvalue weighted by atomic mass is 15.3. The number of aryl methyl sites for hydroxylation is 3. The summed E-state index contributed by atoms with van der Waals surface area (Å²) in [5.41, 5.74) is 3.99. The van der Waals surface area contributed by atoms with Crippen LogP contribution >= 0.6 is 0 Å². The molecule has 0 aliphatic rings. The monoisotopic (exact) mass is 232 g/mol. The van der Waals surface area contributed by atoms with Gasteiger partial charge in [-0.15, -0.1) is 0 Å². The smallest absolute Gasteiger partial charge is 0.0492 e. The average Bonchev–Trinajstić information content (AvgIpc) is 2.86. The summed E-state index contributed by atoms with van der Waals surface area (Å²) in [6.07, 6.45) is 5.04. The highest BCUT2D eigenvalue weighted by molar-refractivity contribution is 5.21. The summed E-state index contributed by atoms with van der Waals surface area (Å²) in [4.78, 5) is 0. The van der Waals surface area contributed by atoms with Crippen molar-refractivity contribution in [3.8, 4) is 0 Å². The Morgan fingerprint density at radius 3 is 2.82 bits per heavy atom. The summed E-state index contributed by atoms with van der Waals surface area (Å²) in [7, 11) is 3.97. The van der Waals surface area contributed by atoms with Crippen LogP contribution < -0.4 is 5.32 Å². The predicted octanol–water partition coefficient (Wildman–Crippen LogP) is 1.49. The third-order valence-corrected chi connectivity index (χ3v) is 3.25. The minimum atomic E-state index is 0.935. The number of nitrogens with zero attached hydrogens (tertiary/aromatic N) is 3. The maximum Gasteiger partial charge on any atom is 0.0492 e. The van der Waals surface area contributed by atoms with Gasteiger partial charge in [0.25, 0.3) is 0 Å². The maximum atomic E-state index is 4.18. The van der Waals surface area contributed by atoms with E-state index < -0.39 is 0 Å². The summed E-state index contributed by atoms with van der Waals surface area (Å²) in [6.45, 7) is 4.12. The van der Waals surface area contributed by atoms with Crippen molar-refractivity contribution in [2.45, 2.75) is 26.4 Å². The van der Waals surface area contributed by atoms with Gasteiger partial charge in [-0.2, -0.15) is 5.10 Å². The van der Waals surface area contributed by atoms with Crippen LogP contribution in [-0.4, -0.2) is 21.4 Å². The topological polar surface area (TPSA) is 34.8 Å². The lowest BCUT2D eigenvalue weighted by molar-refractivity contribution is 0.626. The molecule has 0 atom stereocenters. The second-order valence-electron chi connectivity index (χ2n) is 4.35. The fraction of sp³-hybridized carbons (Fsp3) is 0.462. The van der Waals surface area contributed by atoms with Crippen LogP contribution in [0, 0.1) is 6.92 Å². The largest absolute Gasteiger partial charge is 0.351 e. The molecule has 92 valence electrons. The van der Waals surface area contributed by atoms with E-state index in [1.54, 1.807) is 0 Å². The van der Waals surface area contributed by atoms with E-state index in [2.05, 4.69) is 40.2 Å². The van der Waals surface area contributed by atoms with E-state index in [9.17, 15) is 0 Å². The van der Waals surface area contributed by atoms with Gasteiger partial charge in [0.2, 0.25) is 0 Å². The van der Waals surface area contributed by atoms with Crippen molar-refractivity contribution >= 4 is 0 Å². The number of aromatic nitrogens is 3. The zero-order valence-corrected chi connectivity index (χ0v) is 10.8. The Hall–Kier alpha value is -1.55. The molecule has 2 heterocycles. The molecule has 0 saturated heterocycles. The first-order valence-electron chi connectivity index (χ1n) is 5.98. The van der Waals surface area contributed by atoms with Gasteiger partial charge in [-0.05, 0) is 31.7 Å². The van der Waals surface area contributed by atoms with E-state index in [4.69, 9.17) is 0 Å². The van der Waals surface area contributed by atoms with Crippen LogP contribution in [0.5, 0.6) is 0 Å². The Bertz CT molecular complexity index is 481. The third-order valence-electron chi connectivity index (χ3n) is 3.25. The molecule has 0 aliphatic carbocycles. The molecule has 0 aliphatic heterocycles. The van der Waals surface area contributed by atoms with Crippen molar-refractivity contribution in [3.63, 3.8) is 0 Å². The van der Waals surface area contributed by atoms with Crippen molar-refractivity contribution in [1.29, 1.82) is 0 Å². The normalized spacial score (nSPS) is 11.0. The average molecular weight is 232 g/mol. The minimum Gasteiger partial charge on any atom is -0.351 e. The molecule has 2 aromatic heterocycles. The van der Waals surface area contributed by atoms with Crippen LogP contribution in [0.4, 0.5) is 0 Å². The van der Waals surface area contributed by atoms with E-state index in [-0.39, 0.29) is 0 Å². The van der Waals surface area contributed by atoms with Crippen molar-refractivity contribution in [3.05, 3.63) is 41.5 Å². The molecular formula is C13H20N4. The first kappa shape index (κ1) is 11.9. The van der Waals surface area contributed by atoms with Crippen molar-refractivity contribution < 1.29 is 0 Å². The predicted molar refractivity (Wildman–Crippen MR) is 68.8 cm³/mol. The van der Waals surface area contributed by atoms with Crippen molar-refractivity contribution in [2.24, 2.45) is 7.05 Å². The van der Waals surface area contributed by atoms with Gasteiger partial charge in [0.15, 0.2) is 0 Å². The lowest BCUT2D eigenvalue weighted by atomic mass is 10.2. The third kappa shape index (κ3) is 2.58. The van der Waals surface area contributed by atoms with Crippen LogP contribution in [0.25, 0.3) is 0 Å². The molecule has 4 heteroatoms. The molecule has 4 nitrogen and oxygen atoms in total. The molecule has 0 unspecified atom stereocenters. The second kappa shape index (κ2) is 5.19. The second-order valence-corrected chi connectivity index (χ2v) is 4.35. The molecule has 2 aromatic rings. The Kier molecular flexibility index (Phi) is 3.64. The van der Waals surface area contributed by atoms with Crippen molar-refractivity contribution in [2.75, 3.05) is 7.05 Å². The SMILES string of the molecule is CNCc1ccn(CCc2ccnn2C)c1C. The molecule has 0 amide bonds. The van der Waals surface area contributed by atoms with Gasteiger partial charge in [0.1, 0.15) is 0 Å². The summed E-state index contributed by atoms with van der Waals surface area (Å²) >= 11 is 0. The molecule has 0 fully saturated rings. The molecular weight excluding hydrogens is 212 g/mol. The summed E-state index contributed by atoms with van der Waals surface area (Å²) in [6, 6.07) is 4.27. The Balaban J connectivity index is 2.02. The van der Waals surface area contributed by atoms with Crippen LogP contribution in [-0.2, 0) is 26.6 Å². The molecule has 2 rings (SSSR count). The van der Waals surface area contributed by atoms with Gasteiger partial charge in [-0.1, -0.05) is 0 Å². The maximum absolute atomic E-state index is 4.18. The quantitative estimate of drug-likeness (QED) is 0.847. The van der Waals surface area contributed by atoms with E-state index in [1.807, 2.05) is 25.0 Å². The zero-order valence-electron chi connectivity index (χ0n) is 10.8. The van der Waals surface area contributed by atoms with Gasteiger partial charge in [0, 0.05) is 50.3 Å². The summed E-state index contributed by atoms with van der Waals surface area (Å²) in [5.74, 6) is 0. The number of hydrogen-bond donors (Lipinski definition) is 1. The molecule has 1 N–H and O–H groups in total. The van der Waals surface area contributed by atoms with Gasteiger partial charge in [0.05, 0.1) is 0 Å². The lowest BCUT2D eigenvalue weighted by Gasteiger charge is -2.08. The fourth-order valence-corrected chi connectivity index (χ4v) is 2.10. The first-order valence-corrected chi connectivity index (χ1v) is 5.98. The van der Waals surface area contributed by atoms with Crippen LogP contribution in [0.3, 0.4) is 0 Å². The number of hydrogen-bond acceptors (Lipinski definition) is 2. The Labute approximate surface area is 102 Å². The first-order chi connectivity index (χ1) is 8.22.